The quantitative estimate of drug-likeness (QED) is 0.772. The molecule has 0 aliphatic heterocycles. The maximum absolute atomic E-state index is 11.6. The Labute approximate surface area is 121 Å². The molecule has 0 amide bonds. The molecular weight excluding hydrogens is 354 g/mol. The van der Waals surface area contributed by atoms with Gasteiger partial charge in [-0.2, -0.15) is 43.9 Å². The van der Waals surface area contributed by atoms with Gasteiger partial charge in [0.2, 0.25) is 0 Å². The van der Waals surface area contributed by atoms with Crippen LogP contribution in [0.15, 0.2) is 30.3 Å². The highest BCUT2D eigenvalue weighted by molar-refractivity contribution is 5.87. The molecule has 1 N–H and O–H groups in total. The summed E-state index contributed by atoms with van der Waals surface area (Å²) >= 11 is 0. The number of benzene rings is 1. The second-order valence-corrected chi connectivity index (χ2v) is 3.82. The minimum atomic E-state index is -7.14. The molecule has 0 fully saturated rings. The molecule has 0 atom stereocenters. The van der Waals surface area contributed by atoms with Crippen molar-refractivity contribution in [1.82, 2.24) is 0 Å². The zero-order valence-electron chi connectivity index (χ0n) is 10.5. The van der Waals surface area contributed by atoms with Crippen LogP contribution >= 0.6 is 0 Å². The number of carbonyl (C=O) groups is 1. The van der Waals surface area contributed by atoms with Crippen LogP contribution in [-0.4, -0.2) is 35.3 Å². The summed E-state index contributed by atoms with van der Waals surface area (Å²) in [4.78, 5) is 10.2. The van der Waals surface area contributed by atoms with Crippen molar-refractivity contribution in [1.29, 1.82) is 0 Å². The van der Waals surface area contributed by atoms with Crippen LogP contribution in [0.1, 0.15) is 10.4 Å². The topological polar surface area (TPSA) is 37.3 Å². The molecule has 0 aliphatic rings. The Kier molecular flexibility index (Phi) is 6.04. The zero-order valence-corrected chi connectivity index (χ0v) is 10.5. The second kappa shape index (κ2) is 6.62. The summed E-state index contributed by atoms with van der Waals surface area (Å²) in [5.74, 6) is -15.2. The predicted molar refractivity (Wildman–Crippen MR) is 55.4 cm³/mol. The van der Waals surface area contributed by atoms with Crippen LogP contribution in [0.4, 0.5) is 43.9 Å². The molecule has 1 aromatic carbocycles. The van der Waals surface area contributed by atoms with E-state index in [1.54, 1.807) is 30.3 Å². The molecule has 0 spiro atoms. The van der Waals surface area contributed by atoms with E-state index in [4.69, 9.17) is 5.11 Å². The van der Waals surface area contributed by atoms with E-state index < -0.39 is 30.2 Å². The number of carboxylic acids is 1. The molecule has 1 rings (SSSR count). The lowest BCUT2D eigenvalue weighted by molar-refractivity contribution is -0.419. The van der Waals surface area contributed by atoms with Gasteiger partial charge in [-0.05, 0) is 12.1 Å². The van der Waals surface area contributed by atoms with E-state index in [0.29, 0.717) is 5.56 Å². The van der Waals surface area contributed by atoms with Gasteiger partial charge in [0, 0.05) is 0 Å². The van der Waals surface area contributed by atoms with Crippen LogP contribution in [0.5, 0.6) is 0 Å². The lowest BCUT2D eigenvalue weighted by Gasteiger charge is -2.29. The van der Waals surface area contributed by atoms with E-state index in [9.17, 15) is 48.7 Å². The normalized spacial score (nSPS) is 13.1. The predicted octanol–water partition coefficient (Wildman–Crippen LogP) is 4.77. The van der Waals surface area contributed by atoms with Crippen LogP contribution in [0.3, 0.4) is 0 Å². The van der Waals surface area contributed by atoms with Crippen molar-refractivity contribution in [3.05, 3.63) is 35.9 Å². The van der Waals surface area contributed by atoms with Gasteiger partial charge in [-0.1, -0.05) is 18.2 Å². The van der Waals surface area contributed by atoms with E-state index in [1.807, 2.05) is 0 Å². The fraction of sp³-hybridized carbons (Fsp3) is 0.364. The fourth-order valence-corrected chi connectivity index (χ4v) is 0.937. The Hall–Kier alpha value is -2.01. The first-order chi connectivity index (χ1) is 10.1. The molecule has 0 aromatic heterocycles. The number of hydrogen-bond donors (Lipinski definition) is 1. The number of alkyl halides is 10. The van der Waals surface area contributed by atoms with Gasteiger partial charge in [0.15, 0.2) is 0 Å². The Balaban J connectivity index is 0.000000459. The van der Waals surface area contributed by atoms with Gasteiger partial charge < -0.3 is 5.11 Å². The van der Waals surface area contributed by atoms with Gasteiger partial charge in [0.05, 0.1) is 5.56 Å². The lowest BCUT2D eigenvalue weighted by atomic mass is 10.1. The van der Waals surface area contributed by atoms with Crippen LogP contribution < -0.4 is 0 Å². The highest BCUT2D eigenvalue weighted by atomic mass is 19.4. The molecule has 0 heterocycles. The smallest absolute Gasteiger partial charge is 0.460 e. The Morgan fingerprint density at radius 1 is 0.696 bits per heavy atom. The monoisotopic (exact) mass is 360 g/mol. The van der Waals surface area contributed by atoms with Gasteiger partial charge in [0.25, 0.3) is 0 Å². The first-order valence-electron chi connectivity index (χ1n) is 5.23. The fourth-order valence-electron chi connectivity index (χ4n) is 0.937. The lowest BCUT2D eigenvalue weighted by Crippen LogP contribution is -2.59. The Morgan fingerprint density at radius 2 is 1.00 bits per heavy atom. The summed E-state index contributed by atoms with van der Waals surface area (Å²) in [6.07, 6.45) is -13.9. The summed E-state index contributed by atoms with van der Waals surface area (Å²) < 4.78 is 113. The summed E-state index contributed by atoms with van der Waals surface area (Å²) in [6.45, 7) is 0. The maximum Gasteiger partial charge on any atom is 0.460 e. The molecule has 1 aromatic rings. The van der Waals surface area contributed by atoms with Crippen LogP contribution in [0, 0.1) is 0 Å². The Bertz CT molecular complexity index is 494. The van der Waals surface area contributed by atoms with E-state index in [-0.39, 0.29) is 0 Å². The van der Waals surface area contributed by atoms with Crippen molar-refractivity contribution < 1.29 is 53.8 Å². The van der Waals surface area contributed by atoms with Crippen LogP contribution in [-0.2, 0) is 0 Å². The van der Waals surface area contributed by atoms with Crippen molar-refractivity contribution in [2.75, 3.05) is 0 Å². The molecule has 0 aliphatic carbocycles. The molecular formula is C11H6F10O2. The van der Waals surface area contributed by atoms with Crippen LogP contribution in [0.2, 0.25) is 0 Å². The summed E-state index contributed by atoms with van der Waals surface area (Å²) in [7, 11) is 0. The van der Waals surface area contributed by atoms with Gasteiger partial charge in [-0.25, -0.2) is 4.79 Å². The standard InChI is InChI=1S/C7H6O2.C4F10/c8-7(9)6-4-2-1-3-5-6;5-1(6,3(9,10)11)2(7,8)4(12,13)14/h1-5H,(H,8,9);. The third-order valence-electron chi connectivity index (χ3n) is 2.13. The highest BCUT2D eigenvalue weighted by Crippen LogP contribution is 2.53. The van der Waals surface area contributed by atoms with Crippen molar-refractivity contribution in [3.63, 3.8) is 0 Å². The van der Waals surface area contributed by atoms with Crippen molar-refractivity contribution in [2.45, 2.75) is 24.2 Å². The molecule has 0 radical (unpaired) electrons. The average Bonchev–Trinajstić information content (AvgIpc) is 2.37. The third kappa shape index (κ3) is 4.73. The van der Waals surface area contributed by atoms with E-state index in [2.05, 4.69) is 0 Å². The average molecular weight is 360 g/mol. The molecule has 12 heteroatoms. The largest absolute Gasteiger partial charge is 0.478 e. The minimum absolute atomic E-state index is 0.331. The zero-order chi connectivity index (χ0) is 18.7. The van der Waals surface area contributed by atoms with E-state index in [0.717, 1.165) is 0 Å². The number of hydrogen-bond acceptors (Lipinski definition) is 1. The Morgan fingerprint density at radius 3 is 1.17 bits per heavy atom. The van der Waals surface area contributed by atoms with Gasteiger partial charge >= 0.3 is 30.2 Å². The number of carboxylic acid groups (broad SMARTS) is 1. The first-order valence-corrected chi connectivity index (χ1v) is 5.23. The molecule has 0 bridgehead atoms. The van der Waals surface area contributed by atoms with Crippen molar-refractivity contribution >= 4 is 5.97 Å². The summed E-state index contributed by atoms with van der Waals surface area (Å²) in [5.41, 5.74) is 0.331. The number of aromatic carboxylic acids is 1. The molecule has 0 saturated heterocycles. The SMILES string of the molecule is FC(F)(F)C(F)(F)C(F)(F)C(F)(F)F.O=C(O)c1ccccc1. The number of rotatable bonds is 2. The number of halogens is 10. The molecule has 23 heavy (non-hydrogen) atoms. The van der Waals surface area contributed by atoms with Gasteiger partial charge in [-0.3, -0.25) is 0 Å². The maximum atomic E-state index is 11.6. The van der Waals surface area contributed by atoms with Gasteiger partial charge in [-0.15, -0.1) is 0 Å². The second-order valence-electron chi connectivity index (χ2n) is 3.82. The van der Waals surface area contributed by atoms with Crippen molar-refractivity contribution in [3.8, 4) is 0 Å². The third-order valence-corrected chi connectivity index (χ3v) is 2.13. The summed E-state index contributed by atoms with van der Waals surface area (Å²) in [6, 6.07) is 8.30. The molecule has 0 unspecified atom stereocenters. The first kappa shape index (κ1) is 21.0. The minimum Gasteiger partial charge on any atom is -0.478 e. The summed E-state index contributed by atoms with van der Waals surface area (Å²) in [5, 5.41) is 8.38. The highest BCUT2D eigenvalue weighted by Gasteiger charge is 2.82. The van der Waals surface area contributed by atoms with E-state index in [1.165, 1.54) is 0 Å². The van der Waals surface area contributed by atoms with Gasteiger partial charge in [0.1, 0.15) is 0 Å². The van der Waals surface area contributed by atoms with Crippen molar-refractivity contribution in [2.24, 2.45) is 0 Å². The molecule has 0 saturated carbocycles. The van der Waals surface area contributed by atoms with Crippen LogP contribution in [0.25, 0.3) is 0 Å². The van der Waals surface area contributed by atoms with E-state index >= 15 is 0 Å². The molecule has 132 valence electrons. The molecule has 2 nitrogen and oxygen atoms in total.